The molecule has 0 bridgehead atoms. The van der Waals surface area contributed by atoms with Crippen molar-refractivity contribution in [1.82, 2.24) is 14.8 Å². The molecule has 1 saturated heterocycles. The van der Waals surface area contributed by atoms with E-state index in [4.69, 9.17) is 0 Å². The van der Waals surface area contributed by atoms with E-state index < -0.39 is 0 Å². The minimum Gasteiger partial charge on any atom is -0.342 e. The molecule has 136 valence electrons. The fourth-order valence-corrected chi connectivity index (χ4v) is 4.58. The van der Waals surface area contributed by atoms with Gasteiger partial charge in [-0.3, -0.25) is 19.5 Å². The van der Waals surface area contributed by atoms with Gasteiger partial charge in [0, 0.05) is 32.1 Å². The second-order valence-electron chi connectivity index (χ2n) is 8.09. The van der Waals surface area contributed by atoms with Crippen molar-refractivity contribution in [3.05, 3.63) is 30.1 Å². The molecule has 1 aliphatic carbocycles. The molecule has 2 aliphatic rings. The van der Waals surface area contributed by atoms with Crippen molar-refractivity contribution in [1.29, 1.82) is 0 Å². The topological polar surface area (TPSA) is 53.5 Å². The highest BCUT2D eigenvalue weighted by atomic mass is 16.2. The van der Waals surface area contributed by atoms with Crippen LogP contribution in [0.25, 0.3) is 0 Å². The van der Waals surface area contributed by atoms with Crippen LogP contribution in [0.4, 0.5) is 0 Å². The average Bonchev–Trinajstić information content (AvgIpc) is 2.90. The van der Waals surface area contributed by atoms with Gasteiger partial charge in [-0.05, 0) is 64.3 Å². The summed E-state index contributed by atoms with van der Waals surface area (Å²) >= 11 is 0. The molecule has 1 spiro atoms. The first-order valence-electron chi connectivity index (χ1n) is 9.23. The summed E-state index contributed by atoms with van der Waals surface area (Å²) in [4.78, 5) is 32.5. The van der Waals surface area contributed by atoms with Crippen LogP contribution in [0.5, 0.6) is 0 Å². The fourth-order valence-electron chi connectivity index (χ4n) is 4.58. The van der Waals surface area contributed by atoms with Gasteiger partial charge in [-0.1, -0.05) is 6.07 Å². The van der Waals surface area contributed by atoms with Crippen molar-refractivity contribution in [2.45, 2.75) is 51.0 Å². The Morgan fingerprint density at radius 3 is 2.52 bits per heavy atom. The molecular formula is C20H29N3O2. The van der Waals surface area contributed by atoms with E-state index in [1.165, 1.54) is 0 Å². The van der Waals surface area contributed by atoms with E-state index in [2.05, 4.69) is 36.1 Å². The molecule has 2 heterocycles. The van der Waals surface area contributed by atoms with Crippen LogP contribution in [-0.4, -0.2) is 53.7 Å². The van der Waals surface area contributed by atoms with Crippen LogP contribution in [0.15, 0.2) is 24.4 Å². The quantitative estimate of drug-likeness (QED) is 0.825. The standard InChI is InChI=1S/C20H29N3O2/c1-16(24)7-13-23-15-19(14-18(23)25)8-10-20(11-9-19,22(2)3)17-6-4-5-12-21-17/h4-6,12H,7-11,13-15H2,1-3H3. The van der Waals surface area contributed by atoms with Crippen LogP contribution in [0.2, 0.25) is 0 Å². The molecule has 5 nitrogen and oxygen atoms in total. The van der Waals surface area contributed by atoms with E-state index >= 15 is 0 Å². The zero-order valence-corrected chi connectivity index (χ0v) is 15.6. The number of rotatable bonds is 5. The second-order valence-corrected chi connectivity index (χ2v) is 8.09. The Bertz CT molecular complexity index is 634. The summed E-state index contributed by atoms with van der Waals surface area (Å²) in [6.45, 7) is 2.98. The Morgan fingerprint density at radius 1 is 1.24 bits per heavy atom. The Kier molecular flexibility index (Phi) is 4.96. The predicted octanol–water partition coefficient (Wildman–Crippen LogP) is 2.61. The lowest BCUT2D eigenvalue weighted by Gasteiger charge is -2.48. The molecule has 1 amide bonds. The zero-order chi connectivity index (χ0) is 18.1. The summed E-state index contributed by atoms with van der Waals surface area (Å²) in [5, 5.41) is 0. The number of likely N-dealkylation sites (tertiary alicyclic amines) is 1. The van der Waals surface area contributed by atoms with Gasteiger partial charge in [0.1, 0.15) is 5.78 Å². The lowest BCUT2D eigenvalue weighted by Crippen LogP contribution is -2.48. The van der Waals surface area contributed by atoms with Gasteiger partial charge in [-0.2, -0.15) is 0 Å². The van der Waals surface area contributed by atoms with Crippen molar-refractivity contribution in [3.8, 4) is 0 Å². The first-order valence-corrected chi connectivity index (χ1v) is 9.23. The summed E-state index contributed by atoms with van der Waals surface area (Å²) in [6.07, 6.45) is 7.07. The summed E-state index contributed by atoms with van der Waals surface area (Å²) in [6, 6.07) is 6.14. The van der Waals surface area contributed by atoms with Gasteiger partial charge in [-0.25, -0.2) is 0 Å². The third-order valence-corrected chi connectivity index (χ3v) is 6.27. The second kappa shape index (κ2) is 6.87. The molecule has 1 saturated carbocycles. The highest BCUT2D eigenvalue weighted by Gasteiger charge is 2.50. The number of Topliss-reactive ketones (excluding diaryl/α,β-unsaturated/α-hetero) is 1. The van der Waals surface area contributed by atoms with Crippen LogP contribution in [0, 0.1) is 5.41 Å². The maximum atomic E-state index is 12.4. The maximum Gasteiger partial charge on any atom is 0.223 e. The Balaban J connectivity index is 1.72. The van der Waals surface area contributed by atoms with Gasteiger partial charge in [-0.15, -0.1) is 0 Å². The average molecular weight is 343 g/mol. The van der Waals surface area contributed by atoms with Gasteiger partial charge >= 0.3 is 0 Å². The van der Waals surface area contributed by atoms with E-state index in [0.29, 0.717) is 19.4 Å². The molecule has 3 rings (SSSR count). The van der Waals surface area contributed by atoms with Crippen molar-refractivity contribution in [2.75, 3.05) is 27.2 Å². The summed E-state index contributed by atoms with van der Waals surface area (Å²) in [7, 11) is 4.26. The molecule has 5 heteroatoms. The lowest BCUT2D eigenvalue weighted by atomic mass is 9.65. The number of hydrogen-bond acceptors (Lipinski definition) is 4. The van der Waals surface area contributed by atoms with Gasteiger partial charge in [0.15, 0.2) is 0 Å². The van der Waals surface area contributed by atoms with Crippen molar-refractivity contribution in [3.63, 3.8) is 0 Å². The number of aromatic nitrogens is 1. The minimum absolute atomic E-state index is 0.0393. The van der Waals surface area contributed by atoms with Gasteiger partial charge < -0.3 is 4.90 Å². The van der Waals surface area contributed by atoms with Gasteiger partial charge in [0.2, 0.25) is 5.91 Å². The van der Waals surface area contributed by atoms with E-state index in [9.17, 15) is 9.59 Å². The third kappa shape index (κ3) is 3.47. The van der Waals surface area contributed by atoms with Crippen LogP contribution in [0.1, 0.15) is 51.1 Å². The molecule has 0 unspecified atom stereocenters. The first-order chi connectivity index (χ1) is 11.9. The summed E-state index contributed by atoms with van der Waals surface area (Å²) in [5.41, 5.74) is 1.18. The molecule has 1 aromatic rings. The fraction of sp³-hybridized carbons (Fsp3) is 0.650. The highest BCUT2D eigenvalue weighted by Crippen LogP contribution is 2.51. The number of pyridine rings is 1. The van der Waals surface area contributed by atoms with Gasteiger partial charge in [0.05, 0.1) is 11.2 Å². The lowest BCUT2D eigenvalue weighted by molar-refractivity contribution is -0.128. The number of carbonyl (C=O) groups is 2. The van der Waals surface area contributed by atoms with Crippen LogP contribution < -0.4 is 0 Å². The summed E-state index contributed by atoms with van der Waals surface area (Å²) < 4.78 is 0. The third-order valence-electron chi connectivity index (χ3n) is 6.27. The molecule has 0 N–H and O–H groups in total. The number of carbonyl (C=O) groups excluding carboxylic acids is 2. The molecule has 1 aromatic heterocycles. The smallest absolute Gasteiger partial charge is 0.223 e. The largest absolute Gasteiger partial charge is 0.342 e. The Morgan fingerprint density at radius 2 is 1.96 bits per heavy atom. The molecule has 0 aromatic carbocycles. The number of ketones is 1. The van der Waals surface area contributed by atoms with Crippen LogP contribution in [0.3, 0.4) is 0 Å². The molecule has 0 radical (unpaired) electrons. The van der Waals surface area contributed by atoms with E-state index in [-0.39, 0.29) is 22.6 Å². The minimum atomic E-state index is -0.0393. The van der Waals surface area contributed by atoms with Crippen molar-refractivity contribution >= 4 is 11.7 Å². The number of hydrogen-bond donors (Lipinski definition) is 0. The highest BCUT2D eigenvalue weighted by molar-refractivity contribution is 5.81. The monoisotopic (exact) mass is 343 g/mol. The molecular weight excluding hydrogens is 314 g/mol. The molecule has 2 fully saturated rings. The predicted molar refractivity (Wildman–Crippen MR) is 97.0 cm³/mol. The van der Waals surface area contributed by atoms with Gasteiger partial charge in [0.25, 0.3) is 0 Å². The summed E-state index contributed by atoms with van der Waals surface area (Å²) in [5.74, 6) is 0.371. The number of nitrogens with zero attached hydrogens (tertiary/aromatic N) is 3. The SMILES string of the molecule is CC(=O)CCN1CC2(CCC(c3ccccn3)(N(C)C)CC2)CC1=O. The molecule has 25 heavy (non-hydrogen) atoms. The van der Waals surface area contributed by atoms with E-state index in [0.717, 1.165) is 37.9 Å². The Hall–Kier alpha value is -1.75. The number of amides is 1. The first kappa shape index (κ1) is 18.1. The van der Waals surface area contributed by atoms with Crippen LogP contribution in [-0.2, 0) is 15.1 Å². The molecule has 1 aliphatic heterocycles. The Labute approximate surface area is 150 Å². The zero-order valence-electron chi connectivity index (χ0n) is 15.6. The van der Waals surface area contributed by atoms with Crippen molar-refractivity contribution in [2.24, 2.45) is 5.41 Å². The molecule has 0 atom stereocenters. The maximum absolute atomic E-state index is 12.4. The normalized spacial score (nSPS) is 29.6. The van der Waals surface area contributed by atoms with Crippen molar-refractivity contribution < 1.29 is 9.59 Å². The van der Waals surface area contributed by atoms with Crippen LogP contribution >= 0.6 is 0 Å². The van der Waals surface area contributed by atoms with E-state index in [1.807, 2.05) is 17.2 Å². The van der Waals surface area contributed by atoms with E-state index in [1.54, 1.807) is 6.92 Å².